The van der Waals surface area contributed by atoms with Crippen LogP contribution in [-0.2, 0) is 24.0 Å². The lowest BCUT2D eigenvalue weighted by atomic mass is 9.93. The van der Waals surface area contributed by atoms with Gasteiger partial charge in [0.05, 0.1) is 31.8 Å². The minimum atomic E-state index is -1.11. The lowest BCUT2D eigenvalue weighted by Gasteiger charge is -2.23. The van der Waals surface area contributed by atoms with Gasteiger partial charge in [0, 0.05) is 32.1 Å². The van der Waals surface area contributed by atoms with Crippen molar-refractivity contribution in [1.29, 1.82) is 0 Å². The number of carboxylic acids is 5. The summed E-state index contributed by atoms with van der Waals surface area (Å²) in [6.45, 7) is 9.73. The summed E-state index contributed by atoms with van der Waals surface area (Å²) in [5.41, 5.74) is -1.11. The van der Waals surface area contributed by atoms with Crippen molar-refractivity contribution in [2.45, 2.75) is 548 Å². The number of hydrogen-bond acceptors (Lipinski definition) is 9. The molecule has 0 radical (unpaired) electrons. The first-order valence-electron chi connectivity index (χ1n) is 47.6. The molecule has 0 bridgehead atoms. The Balaban J connectivity index is -0.000000295. The number of rotatable bonds is 84. The van der Waals surface area contributed by atoms with E-state index in [0.29, 0.717) is 32.1 Å². The fraction of sp³-hybridized carbons (Fsp3) is 0.947. The van der Waals surface area contributed by atoms with Crippen LogP contribution in [0.1, 0.15) is 548 Å². The normalized spacial score (nSPS) is 10.9. The molecule has 14 nitrogen and oxygen atoms in total. The molecule has 0 aromatic heterocycles. The molecular weight excluding hydrogens is 1370 g/mol. The largest absolute Gasteiger partial charge is 0.481 e. The van der Waals surface area contributed by atoms with E-state index in [1.54, 1.807) is 0 Å². The second-order valence-electron chi connectivity index (χ2n) is 32.6. The molecule has 0 saturated carbocycles. The van der Waals surface area contributed by atoms with Crippen LogP contribution >= 0.6 is 0 Å². The van der Waals surface area contributed by atoms with Crippen LogP contribution in [0.2, 0.25) is 0 Å². The average molecular weight is 1560 g/mol. The quantitative estimate of drug-likeness (QED) is 0.0257. The number of aliphatic carboxylic acids is 5. The fourth-order valence-electron chi connectivity index (χ4n) is 13.5. The van der Waals surface area contributed by atoms with Crippen LogP contribution < -0.4 is 0 Å². The van der Waals surface area contributed by atoms with E-state index in [0.717, 1.165) is 64.2 Å². The fourth-order valence-corrected chi connectivity index (χ4v) is 13.5. The first-order valence-corrected chi connectivity index (χ1v) is 47.6. The highest BCUT2D eigenvalue weighted by Crippen LogP contribution is 2.20. The molecule has 0 fully saturated rings. The molecule has 0 unspecified atom stereocenters. The Morgan fingerprint density at radius 1 is 0.147 bits per heavy atom. The van der Waals surface area contributed by atoms with Crippen molar-refractivity contribution in [3.8, 4) is 0 Å². The van der Waals surface area contributed by atoms with Crippen LogP contribution in [0.3, 0.4) is 0 Å². The van der Waals surface area contributed by atoms with Crippen molar-refractivity contribution in [2.24, 2.45) is 5.41 Å². The third-order valence-corrected chi connectivity index (χ3v) is 21.3. The zero-order valence-electron chi connectivity index (χ0n) is 73.5. The highest BCUT2D eigenvalue weighted by molar-refractivity contribution is 5.67. The minimum absolute atomic E-state index is 0.345. The first kappa shape index (κ1) is 117. The Bertz CT molecular complexity index is 1420. The summed E-state index contributed by atoms with van der Waals surface area (Å²) in [5, 5.41) is 76.6. The van der Waals surface area contributed by atoms with E-state index in [1.807, 2.05) is 0 Å². The van der Waals surface area contributed by atoms with Gasteiger partial charge in [0.15, 0.2) is 0 Å². The lowest BCUT2D eigenvalue weighted by molar-refractivity contribution is -0.138. The molecule has 0 aliphatic rings. The molecule has 0 heterocycles. The van der Waals surface area contributed by atoms with Crippen LogP contribution in [0.25, 0.3) is 0 Å². The summed E-state index contributed by atoms with van der Waals surface area (Å²) < 4.78 is 0. The average Bonchev–Trinajstić information content (AvgIpc) is 0.921. The molecule has 0 aliphatic carbocycles. The maximum absolute atomic E-state index is 10.3. The molecule has 0 aromatic rings. The van der Waals surface area contributed by atoms with Gasteiger partial charge in [-0.2, -0.15) is 0 Å². The van der Waals surface area contributed by atoms with E-state index in [4.69, 9.17) is 46.0 Å². The molecule has 0 atom stereocenters. The van der Waals surface area contributed by atoms with Gasteiger partial charge in [0.2, 0.25) is 0 Å². The molecule has 0 amide bonds. The number of unbranched alkanes of at least 4 members (excludes halogenated alkanes) is 70. The van der Waals surface area contributed by atoms with Gasteiger partial charge in [-0.05, 0) is 32.1 Å². The minimum Gasteiger partial charge on any atom is -0.481 e. The monoisotopic (exact) mass is 1560 g/mol. The number of carboxylic acid groups (broad SMARTS) is 5. The van der Waals surface area contributed by atoms with Crippen molar-refractivity contribution in [3.05, 3.63) is 0 Å². The maximum Gasteiger partial charge on any atom is 0.303 e. The van der Waals surface area contributed by atoms with E-state index in [1.165, 1.54) is 417 Å². The molecule has 0 spiro atoms. The molecule has 0 saturated heterocycles. The lowest BCUT2D eigenvalue weighted by Crippen LogP contribution is -2.37. The van der Waals surface area contributed by atoms with Crippen LogP contribution in [0.15, 0.2) is 0 Å². The summed E-state index contributed by atoms with van der Waals surface area (Å²) in [6.07, 6.45) is 101. The summed E-state index contributed by atoms with van der Waals surface area (Å²) in [5.74, 6) is -3.27. The standard InChI is InChI=1S/5C18H36O2.C5H12O4/c5*1-2-3-4-5-6-7-8-9-10-11-12-13-14-15-16-17-18(19)20;6-1-5(2-7,3-8)4-9/h5*2-17H2,1H3,(H,19,20);6-9H,1-4H2. The SMILES string of the molecule is CCCCCCCCCCCCCCCCCC(=O)O.CCCCCCCCCCCCCCCCCC(=O)O.CCCCCCCCCCCCCCCCCC(=O)O.CCCCCCCCCCCCCCCCCC(=O)O.CCCCCCCCCCCCCCCCCC(=O)O.OCC(CO)(CO)CO. The maximum atomic E-state index is 10.3. The topological polar surface area (TPSA) is 267 Å². The summed E-state index contributed by atoms with van der Waals surface area (Å²) in [7, 11) is 0. The summed E-state index contributed by atoms with van der Waals surface area (Å²) in [4.78, 5) is 51.7. The van der Waals surface area contributed by atoms with Crippen molar-refractivity contribution < 1.29 is 69.9 Å². The number of aliphatic hydroxyl groups excluding tert-OH is 4. The van der Waals surface area contributed by atoms with Gasteiger partial charge in [-0.1, -0.05) is 484 Å². The van der Waals surface area contributed by atoms with E-state index >= 15 is 0 Å². The Hall–Kier alpha value is -2.81. The van der Waals surface area contributed by atoms with Crippen molar-refractivity contribution >= 4 is 29.8 Å². The molecular formula is C95H192O14. The van der Waals surface area contributed by atoms with E-state index in [2.05, 4.69) is 34.6 Å². The molecule has 0 aliphatic heterocycles. The van der Waals surface area contributed by atoms with Gasteiger partial charge in [-0.15, -0.1) is 0 Å². The zero-order chi connectivity index (χ0) is 81.8. The van der Waals surface area contributed by atoms with E-state index < -0.39 is 61.7 Å². The van der Waals surface area contributed by atoms with Gasteiger partial charge >= 0.3 is 29.8 Å². The van der Waals surface area contributed by atoms with Crippen LogP contribution in [0.4, 0.5) is 0 Å². The number of hydrogen-bond donors (Lipinski definition) is 9. The smallest absolute Gasteiger partial charge is 0.303 e. The number of carbonyl (C=O) groups is 5. The van der Waals surface area contributed by atoms with Crippen LogP contribution in [0.5, 0.6) is 0 Å². The predicted molar refractivity (Wildman–Crippen MR) is 467 cm³/mol. The second-order valence-corrected chi connectivity index (χ2v) is 32.6. The Morgan fingerprint density at radius 2 is 0.220 bits per heavy atom. The van der Waals surface area contributed by atoms with Gasteiger partial charge < -0.3 is 46.0 Å². The zero-order valence-corrected chi connectivity index (χ0v) is 73.5. The van der Waals surface area contributed by atoms with Crippen molar-refractivity contribution in [1.82, 2.24) is 0 Å². The molecule has 14 heteroatoms. The highest BCUT2D eigenvalue weighted by atomic mass is 16.4. The van der Waals surface area contributed by atoms with E-state index in [9.17, 15) is 24.0 Å². The molecule has 0 rings (SSSR count). The first-order chi connectivity index (χ1) is 53.1. The third-order valence-electron chi connectivity index (χ3n) is 21.3. The molecule has 0 aromatic carbocycles. The second kappa shape index (κ2) is 109. The Morgan fingerprint density at radius 3 is 0.275 bits per heavy atom. The van der Waals surface area contributed by atoms with Gasteiger partial charge in [-0.3, -0.25) is 24.0 Å². The van der Waals surface area contributed by atoms with E-state index in [-0.39, 0.29) is 0 Å². The Kier molecular flexibility index (Phi) is 117. The molecule has 109 heavy (non-hydrogen) atoms. The van der Waals surface area contributed by atoms with Crippen molar-refractivity contribution in [3.63, 3.8) is 0 Å². The van der Waals surface area contributed by atoms with Gasteiger partial charge in [0.1, 0.15) is 0 Å². The number of aliphatic hydroxyl groups is 4. The third kappa shape index (κ3) is 126. The van der Waals surface area contributed by atoms with Crippen LogP contribution in [0, 0.1) is 5.41 Å². The van der Waals surface area contributed by atoms with Gasteiger partial charge in [0.25, 0.3) is 0 Å². The van der Waals surface area contributed by atoms with Crippen molar-refractivity contribution in [2.75, 3.05) is 26.4 Å². The predicted octanol–water partition coefficient (Wildman–Crippen LogP) is 29.6. The molecule has 9 N–H and O–H groups in total. The summed E-state index contributed by atoms with van der Waals surface area (Å²) in [6, 6.07) is 0. The highest BCUT2D eigenvalue weighted by Gasteiger charge is 2.26. The Labute approximate surface area is 676 Å². The molecule has 656 valence electrons. The summed E-state index contributed by atoms with van der Waals surface area (Å²) >= 11 is 0. The van der Waals surface area contributed by atoms with Crippen LogP contribution in [-0.4, -0.2) is 102 Å². The van der Waals surface area contributed by atoms with Gasteiger partial charge in [-0.25, -0.2) is 0 Å².